The average molecular weight is 508 g/mol. The summed E-state index contributed by atoms with van der Waals surface area (Å²) in [6.45, 7) is 1.36. The number of carbonyl (C=O) groups is 5. The lowest BCUT2D eigenvalue weighted by atomic mass is 10.0. The van der Waals surface area contributed by atoms with E-state index < -0.39 is 60.2 Å². The van der Waals surface area contributed by atoms with Crippen molar-refractivity contribution in [3.05, 3.63) is 36.0 Å². The number of thiol groups is 1. The molecule has 0 saturated heterocycles. The summed E-state index contributed by atoms with van der Waals surface area (Å²) in [7, 11) is 0. The Morgan fingerprint density at radius 3 is 2.29 bits per heavy atom. The fraction of sp³-hybridized carbons (Fsp3) is 0.409. The zero-order valence-corrected chi connectivity index (χ0v) is 19.9. The highest BCUT2D eigenvalue weighted by atomic mass is 32.1. The first-order chi connectivity index (χ1) is 16.5. The summed E-state index contributed by atoms with van der Waals surface area (Å²) in [4.78, 5) is 63.3. The summed E-state index contributed by atoms with van der Waals surface area (Å²) in [5, 5.41) is 26.6. The number of para-hydroxylation sites is 1. The van der Waals surface area contributed by atoms with E-state index in [9.17, 15) is 29.1 Å². The second-order valence-corrected chi connectivity index (χ2v) is 8.34. The summed E-state index contributed by atoms with van der Waals surface area (Å²) in [6.07, 6.45) is 0.863. The minimum Gasteiger partial charge on any atom is -0.481 e. The molecule has 8 N–H and O–H groups in total. The van der Waals surface area contributed by atoms with E-state index >= 15 is 0 Å². The molecule has 0 saturated carbocycles. The molecule has 1 aromatic heterocycles. The van der Waals surface area contributed by atoms with Crippen LogP contribution in [0, 0.1) is 0 Å². The smallest absolute Gasteiger partial charge is 0.326 e. The number of hydrogen-bond acceptors (Lipinski definition) is 7. The van der Waals surface area contributed by atoms with Crippen molar-refractivity contribution in [3.63, 3.8) is 0 Å². The fourth-order valence-electron chi connectivity index (χ4n) is 3.30. The number of aliphatic carboxylic acids is 2. The van der Waals surface area contributed by atoms with Crippen LogP contribution in [0.15, 0.2) is 30.5 Å². The van der Waals surface area contributed by atoms with Gasteiger partial charge >= 0.3 is 11.9 Å². The minimum atomic E-state index is -1.35. The van der Waals surface area contributed by atoms with Crippen LogP contribution in [0.25, 0.3) is 10.9 Å². The highest BCUT2D eigenvalue weighted by Crippen LogP contribution is 2.19. The molecule has 0 fully saturated rings. The molecule has 0 aliphatic rings. The second-order valence-electron chi connectivity index (χ2n) is 7.98. The van der Waals surface area contributed by atoms with Crippen molar-refractivity contribution in [1.29, 1.82) is 0 Å². The molecule has 4 unspecified atom stereocenters. The third-order valence-electron chi connectivity index (χ3n) is 5.28. The zero-order chi connectivity index (χ0) is 26.1. The highest BCUT2D eigenvalue weighted by Gasteiger charge is 2.29. The Kier molecular flexibility index (Phi) is 10.1. The van der Waals surface area contributed by atoms with Gasteiger partial charge in [0.15, 0.2) is 0 Å². The number of H-pyrrole nitrogens is 1. The predicted octanol–water partition coefficient (Wildman–Crippen LogP) is -0.609. The second kappa shape index (κ2) is 12.8. The lowest BCUT2D eigenvalue weighted by Crippen LogP contribution is -2.56. The van der Waals surface area contributed by atoms with Gasteiger partial charge in [0.05, 0.1) is 6.04 Å². The summed E-state index contributed by atoms with van der Waals surface area (Å²) >= 11 is 3.91. The number of benzene rings is 1. The lowest BCUT2D eigenvalue weighted by molar-refractivity contribution is -0.143. The maximum absolute atomic E-state index is 12.9. The van der Waals surface area contributed by atoms with Gasteiger partial charge in [-0.25, -0.2) is 4.79 Å². The number of nitrogens with one attached hydrogen (secondary N) is 4. The largest absolute Gasteiger partial charge is 0.481 e. The van der Waals surface area contributed by atoms with Gasteiger partial charge in [-0.15, -0.1) is 0 Å². The van der Waals surface area contributed by atoms with Crippen molar-refractivity contribution in [2.75, 3.05) is 5.75 Å². The van der Waals surface area contributed by atoms with E-state index in [2.05, 4.69) is 33.6 Å². The summed E-state index contributed by atoms with van der Waals surface area (Å²) in [6, 6.07) is 2.55. The van der Waals surface area contributed by atoms with Gasteiger partial charge in [0.2, 0.25) is 17.7 Å². The lowest BCUT2D eigenvalue weighted by Gasteiger charge is -2.23. The van der Waals surface area contributed by atoms with Crippen LogP contribution in [0.2, 0.25) is 0 Å². The molecule has 0 spiro atoms. The molecule has 0 aliphatic carbocycles. The van der Waals surface area contributed by atoms with Crippen LogP contribution in [-0.2, 0) is 30.4 Å². The molecule has 3 amide bonds. The first-order valence-corrected chi connectivity index (χ1v) is 11.4. The molecule has 190 valence electrons. The molecule has 2 rings (SSSR count). The van der Waals surface area contributed by atoms with Gasteiger partial charge in [-0.05, 0) is 25.0 Å². The first kappa shape index (κ1) is 27.7. The van der Waals surface area contributed by atoms with Gasteiger partial charge in [0.25, 0.3) is 0 Å². The number of carbonyl (C=O) groups excluding carboxylic acids is 3. The SMILES string of the molecule is CC(NC(=O)C(N)CS)C(=O)NC(CCC(=O)O)C(=O)NC(Cc1c[nH]c2ccccc12)C(=O)O. The highest BCUT2D eigenvalue weighted by molar-refractivity contribution is 7.80. The molecule has 1 aromatic carbocycles. The number of aromatic nitrogens is 1. The third kappa shape index (κ3) is 8.00. The Morgan fingerprint density at radius 1 is 1.00 bits per heavy atom. The molecule has 35 heavy (non-hydrogen) atoms. The van der Waals surface area contributed by atoms with E-state index in [1.54, 1.807) is 12.3 Å². The Hall–Kier alpha value is -3.58. The van der Waals surface area contributed by atoms with Crippen molar-refractivity contribution < 1.29 is 34.2 Å². The van der Waals surface area contributed by atoms with Gasteiger partial charge in [0.1, 0.15) is 18.1 Å². The van der Waals surface area contributed by atoms with E-state index in [0.29, 0.717) is 5.56 Å². The van der Waals surface area contributed by atoms with Crippen molar-refractivity contribution in [2.24, 2.45) is 5.73 Å². The monoisotopic (exact) mass is 507 g/mol. The molecule has 0 bridgehead atoms. The number of aromatic amines is 1. The van der Waals surface area contributed by atoms with Crippen LogP contribution in [-0.4, -0.2) is 74.8 Å². The molecule has 4 atom stereocenters. The first-order valence-electron chi connectivity index (χ1n) is 10.8. The van der Waals surface area contributed by atoms with Crippen LogP contribution in [0.4, 0.5) is 0 Å². The Labute approximate surface area is 206 Å². The number of hydrogen-bond donors (Lipinski definition) is 8. The van der Waals surface area contributed by atoms with Gasteiger partial charge < -0.3 is 36.9 Å². The molecule has 0 aliphatic heterocycles. The molecule has 12 nitrogen and oxygen atoms in total. The molecular formula is C22H29N5O7S. The van der Waals surface area contributed by atoms with Crippen LogP contribution in [0.5, 0.6) is 0 Å². The van der Waals surface area contributed by atoms with Gasteiger partial charge in [-0.3, -0.25) is 19.2 Å². The number of nitrogens with two attached hydrogens (primary N) is 1. The van der Waals surface area contributed by atoms with E-state index in [4.69, 9.17) is 10.8 Å². The molecule has 2 aromatic rings. The van der Waals surface area contributed by atoms with Gasteiger partial charge in [-0.1, -0.05) is 18.2 Å². The standard InChI is InChI=1S/C22H29N5O7S/c1-11(25-20(31)14(23)10-35)19(30)26-16(6-7-18(28)29)21(32)27-17(22(33)34)8-12-9-24-15-5-3-2-4-13(12)15/h2-5,9,11,14,16-17,24,35H,6-8,10,23H2,1H3,(H,25,31)(H,26,30)(H,27,32)(H,28,29)(H,33,34). The Bertz CT molecular complexity index is 1090. The molecule has 1 heterocycles. The molecular weight excluding hydrogens is 478 g/mol. The van der Waals surface area contributed by atoms with Crippen molar-refractivity contribution in [2.45, 2.75) is 50.4 Å². The fourth-order valence-corrected chi connectivity index (χ4v) is 3.46. The number of fused-ring (bicyclic) bond motifs is 1. The van der Waals surface area contributed by atoms with Gasteiger partial charge in [0, 0.05) is 35.7 Å². The van der Waals surface area contributed by atoms with Crippen LogP contribution < -0.4 is 21.7 Å². The van der Waals surface area contributed by atoms with E-state index in [0.717, 1.165) is 10.9 Å². The normalized spacial score (nSPS) is 14.4. The number of rotatable bonds is 13. The van der Waals surface area contributed by atoms with E-state index in [1.165, 1.54) is 6.92 Å². The van der Waals surface area contributed by atoms with Crippen molar-refractivity contribution in [1.82, 2.24) is 20.9 Å². The minimum absolute atomic E-state index is 0.0429. The van der Waals surface area contributed by atoms with E-state index in [1.807, 2.05) is 18.2 Å². The van der Waals surface area contributed by atoms with Crippen molar-refractivity contribution >= 4 is 53.2 Å². The van der Waals surface area contributed by atoms with Gasteiger partial charge in [-0.2, -0.15) is 12.6 Å². The van der Waals surface area contributed by atoms with Crippen molar-refractivity contribution in [3.8, 4) is 0 Å². The number of carboxylic acid groups (broad SMARTS) is 2. The topological polar surface area (TPSA) is 204 Å². The summed E-state index contributed by atoms with van der Waals surface area (Å²) in [5.74, 6) is -4.70. The summed E-state index contributed by atoms with van der Waals surface area (Å²) in [5.41, 5.74) is 7.03. The third-order valence-corrected chi connectivity index (χ3v) is 5.67. The summed E-state index contributed by atoms with van der Waals surface area (Å²) < 4.78 is 0. The molecule has 13 heteroatoms. The Morgan fingerprint density at radius 2 is 1.66 bits per heavy atom. The maximum Gasteiger partial charge on any atom is 0.326 e. The Balaban J connectivity index is 2.12. The van der Waals surface area contributed by atoms with E-state index in [-0.39, 0.29) is 18.6 Å². The van der Waals surface area contributed by atoms with Crippen LogP contribution in [0.1, 0.15) is 25.3 Å². The zero-order valence-electron chi connectivity index (χ0n) is 19.0. The average Bonchev–Trinajstić information content (AvgIpc) is 3.22. The number of carboxylic acids is 2. The predicted molar refractivity (Wildman–Crippen MR) is 130 cm³/mol. The van der Waals surface area contributed by atoms with Crippen LogP contribution in [0.3, 0.4) is 0 Å². The molecule has 0 radical (unpaired) electrons. The maximum atomic E-state index is 12.9. The quantitative estimate of drug-likeness (QED) is 0.164. The number of amides is 3. The van der Waals surface area contributed by atoms with Crippen LogP contribution >= 0.6 is 12.6 Å².